The predicted octanol–water partition coefficient (Wildman–Crippen LogP) is 1.17. The Morgan fingerprint density at radius 3 is 2.60 bits per heavy atom. The van der Waals surface area contributed by atoms with Gasteiger partial charge in [-0.05, 0) is 32.0 Å². The Morgan fingerprint density at radius 1 is 1.40 bits per heavy atom. The summed E-state index contributed by atoms with van der Waals surface area (Å²) in [5.74, 6) is 0. The topological polar surface area (TPSA) is 52.5 Å². The van der Waals surface area contributed by atoms with Crippen LogP contribution in [0, 0.1) is 0 Å². The number of aliphatic hydroxyl groups is 2. The van der Waals surface area contributed by atoms with Crippen molar-refractivity contribution in [1.29, 1.82) is 0 Å². The third-order valence-corrected chi connectivity index (χ3v) is 2.38. The standard InChI is InChI=1S/C12H19NO2/c1-12(2,15)10-6-4-5-9(7-10)11(14)8-13-3/h4-7,11,13-15H,8H2,1-3H3. The number of hydrogen-bond acceptors (Lipinski definition) is 3. The van der Waals surface area contributed by atoms with Crippen molar-refractivity contribution < 1.29 is 10.2 Å². The minimum absolute atomic E-state index is 0.509. The normalized spacial score (nSPS) is 13.9. The van der Waals surface area contributed by atoms with Crippen molar-refractivity contribution in [2.75, 3.05) is 13.6 Å². The van der Waals surface area contributed by atoms with Gasteiger partial charge in [0, 0.05) is 6.54 Å². The molecule has 0 aromatic heterocycles. The van der Waals surface area contributed by atoms with E-state index in [0.29, 0.717) is 6.54 Å². The molecule has 0 heterocycles. The van der Waals surface area contributed by atoms with Crippen molar-refractivity contribution in [3.05, 3.63) is 35.4 Å². The van der Waals surface area contributed by atoms with Gasteiger partial charge in [-0.3, -0.25) is 0 Å². The lowest BCUT2D eigenvalue weighted by atomic mass is 9.95. The van der Waals surface area contributed by atoms with Crippen LogP contribution < -0.4 is 5.32 Å². The molecule has 0 amide bonds. The average Bonchev–Trinajstić information content (AvgIpc) is 2.17. The Labute approximate surface area is 90.8 Å². The summed E-state index contributed by atoms with van der Waals surface area (Å²) in [5.41, 5.74) is 0.772. The van der Waals surface area contributed by atoms with Gasteiger partial charge >= 0.3 is 0 Å². The van der Waals surface area contributed by atoms with Crippen molar-refractivity contribution in [3.63, 3.8) is 0 Å². The molecule has 0 aliphatic rings. The second-order valence-corrected chi connectivity index (χ2v) is 4.26. The zero-order valence-electron chi connectivity index (χ0n) is 9.49. The van der Waals surface area contributed by atoms with Gasteiger partial charge in [-0.15, -0.1) is 0 Å². The highest BCUT2D eigenvalue weighted by Gasteiger charge is 2.17. The van der Waals surface area contributed by atoms with E-state index in [1.54, 1.807) is 20.9 Å². The molecule has 0 saturated heterocycles. The minimum atomic E-state index is -0.866. The van der Waals surface area contributed by atoms with Crippen LogP contribution in [0.3, 0.4) is 0 Å². The molecule has 1 rings (SSSR count). The summed E-state index contributed by atoms with van der Waals surface area (Å²) < 4.78 is 0. The molecule has 1 atom stereocenters. The van der Waals surface area contributed by atoms with Crippen molar-refractivity contribution in [1.82, 2.24) is 5.32 Å². The van der Waals surface area contributed by atoms with Gasteiger partial charge < -0.3 is 15.5 Å². The van der Waals surface area contributed by atoms with Crippen LogP contribution in [0.5, 0.6) is 0 Å². The van der Waals surface area contributed by atoms with Crippen molar-refractivity contribution in [3.8, 4) is 0 Å². The van der Waals surface area contributed by atoms with Crippen molar-refractivity contribution >= 4 is 0 Å². The molecule has 0 spiro atoms. The highest BCUT2D eigenvalue weighted by Crippen LogP contribution is 2.22. The van der Waals surface area contributed by atoms with Gasteiger partial charge in [-0.2, -0.15) is 0 Å². The Kier molecular flexibility index (Phi) is 3.85. The number of benzene rings is 1. The van der Waals surface area contributed by atoms with E-state index >= 15 is 0 Å². The largest absolute Gasteiger partial charge is 0.387 e. The lowest BCUT2D eigenvalue weighted by molar-refractivity contribution is 0.0782. The van der Waals surface area contributed by atoms with E-state index in [-0.39, 0.29) is 0 Å². The highest BCUT2D eigenvalue weighted by atomic mass is 16.3. The van der Waals surface area contributed by atoms with Crippen LogP contribution in [0.1, 0.15) is 31.1 Å². The third-order valence-electron chi connectivity index (χ3n) is 2.38. The molecule has 1 aromatic rings. The molecule has 0 bridgehead atoms. The number of likely N-dealkylation sites (N-methyl/N-ethyl adjacent to an activating group) is 1. The summed E-state index contributed by atoms with van der Waals surface area (Å²) in [6.45, 7) is 3.97. The number of rotatable bonds is 4. The fourth-order valence-corrected chi connectivity index (χ4v) is 1.44. The first-order chi connectivity index (χ1) is 6.95. The van der Waals surface area contributed by atoms with Crippen LogP contribution in [0.2, 0.25) is 0 Å². The fraction of sp³-hybridized carbons (Fsp3) is 0.500. The maximum absolute atomic E-state index is 9.83. The molecule has 0 fully saturated rings. The average molecular weight is 209 g/mol. The molecule has 15 heavy (non-hydrogen) atoms. The Morgan fingerprint density at radius 2 is 2.07 bits per heavy atom. The molecule has 1 unspecified atom stereocenters. The van der Waals surface area contributed by atoms with E-state index in [1.807, 2.05) is 24.3 Å². The first kappa shape index (κ1) is 12.2. The van der Waals surface area contributed by atoms with Crippen LogP contribution in [0.4, 0.5) is 0 Å². The van der Waals surface area contributed by atoms with Gasteiger partial charge in [-0.1, -0.05) is 24.3 Å². The zero-order valence-corrected chi connectivity index (χ0v) is 9.49. The summed E-state index contributed by atoms with van der Waals surface area (Å²) in [4.78, 5) is 0. The van der Waals surface area contributed by atoms with Gasteiger partial charge in [0.05, 0.1) is 11.7 Å². The van der Waals surface area contributed by atoms with Crippen LogP contribution in [0.25, 0.3) is 0 Å². The molecule has 84 valence electrons. The van der Waals surface area contributed by atoms with Crippen LogP contribution in [-0.4, -0.2) is 23.8 Å². The lowest BCUT2D eigenvalue weighted by Crippen LogP contribution is -2.19. The number of nitrogens with one attached hydrogen (secondary N) is 1. The molecule has 1 aromatic carbocycles. The SMILES string of the molecule is CNCC(O)c1cccc(C(C)(C)O)c1. The van der Waals surface area contributed by atoms with E-state index < -0.39 is 11.7 Å². The van der Waals surface area contributed by atoms with Crippen molar-refractivity contribution in [2.24, 2.45) is 0 Å². The van der Waals surface area contributed by atoms with E-state index in [1.165, 1.54) is 0 Å². The van der Waals surface area contributed by atoms with Gasteiger partial charge in [0.15, 0.2) is 0 Å². The lowest BCUT2D eigenvalue weighted by Gasteiger charge is -2.19. The van der Waals surface area contributed by atoms with Gasteiger partial charge in [0.25, 0.3) is 0 Å². The van der Waals surface area contributed by atoms with E-state index in [9.17, 15) is 10.2 Å². The molecule has 0 aliphatic heterocycles. The van der Waals surface area contributed by atoms with Gasteiger partial charge in [-0.25, -0.2) is 0 Å². The smallest absolute Gasteiger partial charge is 0.0914 e. The summed E-state index contributed by atoms with van der Waals surface area (Å²) in [7, 11) is 1.79. The highest BCUT2D eigenvalue weighted by molar-refractivity contribution is 5.28. The maximum Gasteiger partial charge on any atom is 0.0914 e. The quantitative estimate of drug-likeness (QED) is 0.697. The van der Waals surface area contributed by atoms with Crippen molar-refractivity contribution in [2.45, 2.75) is 25.6 Å². The summed E-state index contributed by atoms with van der Waals surface area (Å²) in [5, 5.41) is 22.5. The van der Waals surface area contributed by atoms with E-state index in [2.05, 4.69) is 5.32 Å². The molecule has 0 aliphatic carbocycles. The van der Waals surface area contributed by atoms with Gasteiger partial charge in [0.1, 0.15) is 0 Å². The molecule has 3 nitrogen and oxygen atoms in total. The summed E-state index contributed by atoms with van der Waals surface area (Å²) >= 11 is 0. The van der Waals surface area contributed by atoms with Gasteiger partial charge in [0.2, 0.25) is 0 Å². The summed E-state index contributed by atoms with van der Waals surface area (Å²) in [6.07, 6.45) is -0.530. The fourth-order valence-electron chi connectivity index (χ4n) is 1.44. The van der Waals surface area contributed by atoms with Crippen LogP contribution >= 0.6 is 0 Å². The second-order valence-electron chi connectivity index (χ2n) is 4.26. The molecule has 3 heteroatoms. The first-order valence-electron chi connectivity index (χ1n) is 5.10. The second kappa shape index (κ2) is 4.75. The predicted molar refractivity (Wildman–Crippen MR) is 60.6 cm³/mol. The minimum Gasteiger partial charge on any atom is -0.387 e. The Balaban J connectivity index is 2.92. The Bertz CT molecular complexity index is 318. The zero-order chi connectivity index (χ0) is 11.5. The monoisotopic (exact) mass is 209 g/mol. The third kappa shape index (κ3) is 3.30. The first-order valence-corrected chi connectivity index (χ1v) is 5.10. The van der Waals surface area contributed by atoms with Crippen LogP contribution in [0.15, 0.2) is 24.3 Å². The number of aliphatic hydroxyl groups excluding tert-OH is 1. The molecular weight excluding hydrogens is 190 g/mol. The van der Waals surface area contributed by atoms with Crippen LogP contribution in [-0.2, 0) is 5.60 Å². The van der Waals surface area contributed by atoms with E-state index in [4.69, 9.17) is 0 Å². The molecule has 0 saturated carbocycles. The Hall–Kier alpha value is -0.900. The van der Waals surface area contributed by atoms with E-state index in [0.717, 1.165) is 11.1 Å². The molecular formula is C12H19NO2. The molecule has 0 radical (unpaired) electrons. The molecule has 3 N–H and O–H groups in total. The summed E-state index contributed by atoms with van der Waals surface area (Å²) in [6, 6.07) is 7.40. The maximum atomic E-state index is 9.83. The number of hydrogen-bond donors (Lipinski definition) is 3.